The molecule has 4 rings (SSSR count). The van der Waals surface area contributed by atoms with Crippen LogP contribution in [0.5, 0.6) is 0 Å². The Labute approximate surface area is 98.6 Å². The molecule has 6 unspecified atom stereocenters. The molecule has 0 spiro atoms. The van der Waals surface area contributed by atoms with E-state index in [1.54, 1.807) is 6.92 Å². The number of ether oxygens (including phenoxy) is 3. The van der Waals surface area contributed by atoms with E-state index in [0.717, 1.165) is 6.42 Å². The van der Waals surface area contributed by atoms with Gasteiger partial charge in [-0.05, 0) is 20.3 Å². The Bertz CT molecular complexity index is 472. The van der Waals surface area contributed by atoms with Gasteiger partial charge >= 0.3 is 5.97 Å². The van der Waals surface area contributed by atoms with Gasteiger partial charge in [0.1, 0.15) is 0 Å². The molecule has 90 valence electrons. The molecule has 3 saturated heterocycles. The van der Waals surface area contributed by atoms with Gasteiger partial charge < -0.3 is 14.2 Å². The molecule has 4 aliphatic rings. The molecule has 0 N–H and O–H groups in total. The quantitative estimate of drug-likeness (QED) is 0.581. The first-order chi connectivity index (χ1) is 7.98. The summed E-state index contributed by atoms with van der Waals surface area (Å²) in [6, 6.07) is 2.22. The van der Waals surface area contributed by atoms with Crippen molar-refractivity contribution in [3.8, 4) is 6.07 Å². The van der Waals surface area contributed by atoms with E-state index in [4.69, 9.17) is 14.2 Å². The number of nitrogens with zero attached hydrogens (tertiary/aromatic N) is 1. The van der Waals surface area contributed by atoms with Crippen LogP contribution in [0, 0.1) is 35.0 Å². The number of nitriles is 1. The maximum Gasteiger partial charge on any atom is 0.311 e. The highest BCUT2D eigenvalue weighted by molar-refractivity contribution is 5.75. The molecule has 3 aliphatic heterocycles. The first-order valence-electron chi connectivity index (χ1n) is 5.98. The van der Waals surface area contributed by atoms with Crippen molar-refractivity contribution in [2.75, 3.05) is 0 Å². The van der Waals surface area contributed by atoms with Gasteiger partial charge in [0, 0.05) is 17.8 Å². The summed E-state index contributed by atoms with van der Waals surface area (Å²) in [6.07, 6.45) is 0.302. The maximum atomic E-state index is 11.9. The molecule has 2 bridgehead atoms. The number of hydrogen-bond acceptors (Lipinski definition) is 5. The van der Waals surface area contributed by atoms with Gasteiger partial charge in [-0.3, -0.25) is 4.79 Å². The summed E-state index contributed by atoms with van der Waals surface area (Å²) in [7, 11) is 0. The Morgan fingerprint density at radius 2 is 2.18 bits per heavy atom. The van der Waals surface area contributed by atoms with Crippen molar-refractivity contribution in [3.05, 3.63) is 0 Å². The predicted octanol–water partition coefficient (Wildman–Crippen LogP) is 0.797. The number of esters is 1. The van der Waals surface area contributed by atoms with Gasteiger partial charge in [-0.2, -0.15) is 5.26 Å². The Kier molecular flexibility index (Phi) is 1.45. The summed E-state index contributed by atoms with van der Waals surface area (Å²) in [5.74, 6) is -0.983. The molecule has 4 fully saturated rings. The van der Waals surface area contributed by atoms with Crippen LogP contribution in [-0.2, 0) is 19.0 Å². The third-order valence-corrected chi connectivity index (χ3v) is 4.92. The first kappa shape index (κ1) is 9.86. The van der Waals surface area contributed by atoms with Crippen molar-refractivity contribution in [1.29, 1.82) is 5.26 Å². The molecule has 0 aromatic carbocycles. The van der Waals surface area contributed by atoms with Crippen LogP contribution in [0.2, 0.25) is 0 Å². The second-order valence-electron chi connectivity index (χ2n) is 5.82. The smallest absolute Gasteiger partial charge is 0.311 e. The summed E-state index contributed by atoms with van der Waals surface area (Å²) in [5, 5.41) is 9.35. The highest BCUT2D eigenvalue weighted by Gasteiger charge is 2.76. The van der Waals surface area contributed by atoms with Gasteiger partial charge in [-0.25, -0.2) is 0 Å². The summed E-state index contributed by atoms with van der Waals surface area (Å²) < 4.78 is 16.9. The van der Waals surface area contributed by atoms with Gasteiger partial charge in [0.25, 0.3) is 0 Å². The minimum absolute atomic E-state index is 0.0949. The van der Waals surface area contributed by atoms with Gasteiger partial charge in [0.2, 0.25) is 6.29 Å². The molecule has 0 radical (unpaired) electrons. The lowest BCUT2D eigenvalue weighted by Crippen LogP contribution is -2.38. The third-order valence-electron chi connectivity index (χ3n) is 4.92. The topological polar surface area (TPSA) is 68.5 Å². The van der Waals surface area contributed by atoms with Crippen molar-refractivity contribution < 1.29 is 19.0 Å². The van der Waals surface area contributed by atoms with Crippen LogP contribution in [0.25, 0.3) is 0 Å². The van der Waals surface area contributed by atoms with Gasteiger partial charge in [-0.15, -0.1) is 0 Å². The highest BCUT2D eigenvalue weighted by atomic mass is 16.8. The Morgan fingerprint density at radius 3 is 2.88 bits per heavy atom. The standard InChI is InChI=1S/C12H13NO4/c1-11(4-13)7-5-3-6-8(7)12(2,17-11)16-10(6)15-9(5)14/h5-8,10H,3H2,1-2H3/t5?,6?,7?,8?,10?,11-,12?/m1/s1. The van der Waals surface area contributed by atoms with E-state index in [1.807, 2.05) is 6.92 Å². The van der Waals surface area contributed by atoms with Gasteiger partial charge in [0.05, 0.1) is 12.0 Å². The van der Waals surface area contributed by atoms with Crippen molar-refractivity contribution in [2.24, 2.45) is 23.7 Å². The summed E-state index contributed by atoms with van der Waals surface area (Å²) >= 11 is 0. The molecule has 0 aromatic heterocycles. The lowest BCUT2D eigenvalue weighted by molar-refractivity contribution is -0.270. The normalized spacial score (nSPS) is 62.4. The van der Waals surface area contributed by atoms with Crippen molar-refractivity contribution in [1.82, 2.24) is 0 Å². The average Bonchev–Trinajstić information content (AvgIpc) is 2.81. The second kappa shape index (κ2) is 2.50. The molecule has 1 saturated carbocycles. The largest absolute Gasteiger partial charge is 0.435 e. The van der Waals surface area contributed by atoms with E-state index in [1.165, 1.54) is 0 Å². The zero-order valence-corrected chi connectivity index (χ0v) is 9.67. The fraction of sp³-hybridized carbons (Fsp3) is 0.833. The van der Waals surface area contributed by atoms with Crippen LogP contribution in [-0.4, -0.2) is 23.6 Å². The molecule has 0 amide bonds. The molecule has 0 aromatic rings. The van der Waals surface area contributed by atoms with Crippen LogP contribution in [0.15, 0.2) is 0 Å². The van der Waals surface area contributed by atoms with E-state index in [0.29, 0.717) is 0 Å². The van der Waals surface area contributed by atoms with Crippen LogP contribution in [0.1, 0.15) is 20.3 Å². The molecular formula is C12H13NO4. The second-order valence-corrected chi connectivity index (χ2v) is 5.82. The number of carbonyl (C=O) groups is 1. The summed E-state index contributed by atoms with van der Waals surface area (Å²) in [6.45, 7) is 3.62. The van der Waals surface area contributed by atoms with E-state index in [9.17, 15) is 10.1 Å². The first-order valence-corrected chi connectivity index (χ1v) is 5.98. The maximum absolute atomic E-state index is 11.9. The van der Waals surface area contributed by atoms with E-state index >= 15 is 0 Å². The Morgan fingerprint density at radius 1 is 1.41 bits per heavy atom. The fourth-order valence-corrected chi connectivity index (χ4v) is 4.46. The number of hydrogen-bond donors (Lipinski definition) is 0. The zero-order valence-electron chi connectivity index (χ0n) is 9.67. The van der Waals surface area contributed by atoms with Gasteiger partial charge in [-0.1, -0.05) is 0 Å². The monoisotopic (exact) mass is 235 g/mol. The number of rotatable bonds is 0. The van der Waals surface area contributed by atoms with Crippen molar-refractivity contribution in [2.45, 2.75) is 37.9 Å². The van der Waals surface area contributed by atoms with Crippen LogP contribution >= 0.6 is 0 Å². The number of carbonyl (C=O) groups excluding carboxylic acids is 1. The third kappa shape index (κ3) is 0.883. The lowest BCUT2D eigenvalue weighted by Gasteiger charge is -2.27. The predicted molar refractivity (Wildman–Crippen MR) is 53.1 cm³/mol. The van der Waals surface area contributed by atoms with E-state index in [-0.39, 0.29) is 29.6 Å². The van der Waals surface area contributed by atoms with E-state index in [2.05, 4.69) is 6.07 Å². The van der Waals surface area contributed by atoms with Crippen molar-refractivity contribution in [3.63, 3.8) is 0 Å². The van der Waals surface area contributed by atoms with Crippen LogP contribution in [0.4, 0.5) is 0 Å². The lowest BCUT2D eigenvalue weighted by atomic mass is 9.77. The Hall–Kier alpha value is -1.12. The van der Waals surface area contributed by atoms with E-state index < -0.39 is 17.7 Å². The summed E-state index contributed by atoms with van der Waals surface area (Å²) in [5.41, 5.74) is -0.937. The average molecular weight is 235 g/mol. The molecule has 5 nitrogen and oxygen atoms in total. The molecule has 1 aliphatic carbocycles. The minimum Gasteiger partial charge on any atom is -0.435 e. The molecule has 17 heavy (non-hydrogen) atoms. The number of fused-ring (bicyclic) bond motifs is 2. The summed E-state index contributed by atoms with van der Waals surface area (Å²) in [4.78, 5) is 11.9. The molecular weight excluding hydrogens is 222 g/mol. The van der Waals surface area contributed by atoms with Crippen LogP contribution in [0.3, 0.4) is 0 Å². The SMILES string of the molecule is CC12OC3OC(=O)C4CC3C1C4[C@@](C)(C#N)O2. The molecule has 5 heteroatoms. The molecule has 3 heterocycles. The fourth-order valence-electron chi connectivity index (χ4n) is 4.46. The minimum atomic E-state index is -0.937. The van der Waals surface area contributed by atoms with Crippen molar-refractivity contribution >= 4 is 5.97 Å². The highest BCUT2D eigenvalue weighted by Crippen LogP contribution is 2.66. The zero-order chi connectivity index (χ0) is 12.0. The molecule has 7 atom stereocenters. The van der Waals surface area contributed by atoms with Gasteiger partial charge in [0.15, 0.2) is 11.4 Å². The van der Waals surface area contributed by atoms with Crippen LogP contribution < -0.4 is 0 Å². The Balaban J connectivity index is 1.91.